The van der Waals surface area contributed by atoms with Crippen LogP contribution >= 0.6 is 23.2 Å². The van der Waals surface area contributed by atoms with Crippen molar-refractivity contribution in [2.75, 3.05) is 13.2 Å². The van der Waals surface area contributed by atoms with E-state index in [2.05, 4.69) is 10.5 Å². The average Bonchev–Trinajstić information content (AvgIpc) is 2.79. The van der Waals surface area contributed by atoms with Crippen molar-refractivity contribution >= 4 is 41.3 Å². The molecule has 0 unspecified atom stereocenters. The zero-order chi connectivity index (χ0) is 23.6. The third-order valence-electron chi connectivity index (χ3n) is 4.18. The Balaban J connectivity index is 1.40. The molecule has 33 heavy (non-hydrogen) atoms. The molecule has 0 aliphatic carbocycles. The quantitative estimate of drug-likeness (QED) is 0.203. The summed E-state index contributed by atoms with van der Waals surface area (Å²) in [6, 6.07) is 18.4. The van der Waals surface area contributed by atoms with Crippen molar-refractivity contribution in [1.29, 1.82) is 0 Å². The van der Waals surface area contributed by atoms with E-state index in [0.29, 0.717) is 32.9 Å². The van der Waals surface area contributed by atoms with Gasteiger partial charge in [0.1, 0.15) is 17.2 Å². The summed E-state index contributed by atoms with van der Waals surface area (Å²) in [5, 5.41) is 5.05. The van der Waals surface area contributed by atoms with Gasteiger partial charge in [-0.3, -0.25) is 4.79 Å². The molecule has 0 atom stereocenters. The topological polar surface area (TPSA) is 86.2 Å². The number of ether oxygens (including phenoxy) is 3. The normalized spacial score (nSPS) is 10.6. The first-order valence-electron chi connectivity index (χ1n) is 9.79. The van der Waals surface area contributed by atoms with Crippen molar-refractivity contribution in [3.63, 3.8) is 0 Å². The van der Waals surface area contributed by atoms with E-state index in [1.54, 1.807) is 66.7 Å². The maximum atomic E-state index is 12.0. The van der Waals surface area contributed by atoms with Crippen LogP contribution in [0.1, 0.15) is 11.1 Å². The van der Waals surface area contributed by atoms with E-state index < -0.39 is 11.9 Å². The summed E-state index contributed by atoms with van der Waals surface area (Å²) in [7, 11) is 0. The number of carbonyl (C=O) groups excluding carboxylic acids is 2. The number of hydrogen-bond acceptors (Lipinski definition) is 6. The smallest absolute Gasteiger partial charge is 0.349 e. The molecule has 0 saturated carbocycles. The van der Waals surface area contributed by atoms with E-state index in [0.717, 1.165) is 5.56 Å². The Kier molecular flexibility index (Phi) is 8.69. The lowest BCUT2D eigenvalue weighted by Gasteiger charge is -2.09. The lowest BCUT2D eigenvalue weighted by molar-refractivity contribution is -0.136. The Bertz CT molecular complexity index is 1130. The van der Waals surface area contributed by atoms with Gasteiger partial charge in [-0.2, -0.15) is 5.10 Å². The fourth-order valence-corrected chi connectivity index (χ4v) is 2.94. The van der Waals surface area contributed by atoms with Gasteiger partial charge in [-0.1, -0.05) is 23.2 Å². The van der Waals surface area contributed by atoms with Crippen molar-refractivity contribution in [2.45, 2.75) is 6.92 Å². The first-order chi connectivity index (χ1) is 15.9. The number of aryl methyl sites for hydroxylation is 1. The van der Waals surface area contributed by atoms with Gasteiger partial charge in [-0.25, -0.2) is 10.2 Å². The van der Waals surface area contributed by atoms with E-state index >= 15 is 0 Å². The minimum absolute atomic E-state index is 0.189. The van der Waals surface area contributed by atoms with Crippen LogP contribution in [0.15, 0.2) is 71.8 Å². The van der Waals surface area contributed by atoms with Crippen LogP contribution in [0.5, 0.6) is 17.2 Å². The second-order valence-corrected chi connectivity index (χ2v) is 7.65. The molecule has 3 rings (SSSR count). The van der Waals surface area contributed by atoms with Crippen LogP contribution in [-0.4, -0.2) is 31.3 Å². The third kappa shape index (κ3) is 8.14. The van der Waals surface area contributed by atoms with Crippen molar-refractivity contribution in [3.8, 4) is 17.2 Å². The van der Waals surface area contributed by atoms with E-state index in [1.165, 1.54) is 6.21 Å². The minimum Gasteiger partial charge on any atom is -0.484 e. The molecule has 1 N–H and O–H groups in total. The standard InChI is InChI=1S/C24H20Cl2N2O5/c1-16-12-19(26)6-11-22(16)32-15-24(30)33-21-7-2-17(3-8-21)13-27-28-23(29)14-31-20-9-4-18(25)5-10-20/h2-13H,14-15H2,1H3,(H,28,29). The molecule has 0 fully saturated rings. The summed E-state index contributed by atoms with van der Waals surface area (Å²) in [6.45, 7) is 1.41. The van der Waals surface area contributed by atoms with E-state index in [9.17, 15) is 9.59 Å². The average molecular weight is 487 g/mol. The van der Waals surface area contributed by atoms with Gasteiger partial charge >= 0.3 is 5.97 Å². The first-order valence-corrected chi connectivity index (χ1v) is 10.5. The van der Waals surface area contributed by atoms with Crippen LogP contribution in [0.3, 0.4) is 0 Å². The molecule has 0 saturated heterocycles. The molecule has 1 amide bonds. The summed E-state index contributed by atoms with van der Waals surface area (Å²) >= 11 is 11.7. The minimum atomic E-state index is -0.543. The second kappa shape index (κ2) is 11.9. The van der Waals surface area contributed by atoms with Crippen LogP contribution < -0.4 is 19.6 Å². The molecule has 3 aromatic rings. The molecule has 0 spiro atoms. The summed E-state index contributed by atoms with van der Waals surface area (Å²) in [5.74, 6) is 0.483. The Morgan fingerprint density at radius 2 is 1.55 bits per heavy atom. The first kappa shape index (κ1) is 24.1. The predicted molar refractivity (Wildman–Crippen MR) is 126 cm³/mol. The lowest BCUT2D eigenvalue weighted by atomic mass is 10.2. The van der Waals surface area contributed by atoms with Gasteiger partial charge < -0.3 is 14.2 Å². The molecule has 0 radical (unpaired) electrons. The molecular weight excluding hydrogens is 467 g/mol. The molecule has 0 bridgehead atoms. The Morgan fingerprint density at radius 3 is 2.24 bits per heavy atom. The van der Waals surface area contributed by atoms with Gasteiger partial charge in [0, 0.05) is 10.0 Å². The Hall–Kier alpha value is -3.55. The number of nitrogens with zero attached hydrogens (tertiary/aromatic N) is 1. The highest BCUT2D eigenvalue weighted by atomic mass is 35.5. The molecule has 0 heterocycles. The van der Waals surface area contributed by atoms with Crippen LogP contribution in [0, 0.1) is 6.92 Å². The molecule has 0 aliphatic heterocycles. The lowest BCUT2D eigenvalue weighted by Crippen LogP contribution is -2.24. The summed E-state index contributed by atoms with van der Waals surface area (Å²) in [5.41, 5.74) is 3.89. The van der Waals surface area contributed by atoms with Crippen molar-refractivity contribution in [3.05, 3.63) is 87.9 Å². The molecule has 9 heteroatoms. The van der Waals surface area contributed by atoms with Crippen molar-refractivity contribution in [1.82, 2.24) is 5.43 Å². The Labute approximate surface area is 200 Å². The van der Waals surface area contributed by atoms with Gasteiger partial charge in [-0.05, 0) is 84.8 Å². The number of hydrogen-bond donors (Lipinski definition) is 1. The van der Waals surface area contributed by atoms with Crippen LogP contribution in [0.25, 0.3) is 0 Å². The molecule has 7 nitrogen and oxygen atoms in total. The fourth-order valence-electron chi connectivity index (χ4n) is 2.59. The molecular formula is C24H20Cl2N2O5. The second-order valence-electron chi connectivity index (χ2n) is 6.78. The molecule has 3 aromatic carbocycles. The van der Waals surface area contributed by atoms with Gasteiger partial charge in [0.05, 0.1) is 6.21 Å². The summed E-state index contributed by atoms with van der Waals surface area (Å²) < 4.78 is 16.0. The van der Waals surface area contributed by atoms with Crippen molar-refractivity contribution < 1.29 is 23.8 Å². The van der Waals surface area contributed by atoms with Crippen LogP contribution in [-0.2, 0) is 9.59 Å². The van der Waals surface area contributed by atoms with Crippen molar-refractivity contribution in [2.24, 2.45) is 5.10 Å². The van der Waals surface area contributed by atoms with Gasteiger partial charge in [0.25, 0.3) is 5.91 Å². The molecule has 0 aliphatic rings. The highest BCUT2D eigenvalue weighted by Gasteiger charge is 2.08. The number of hydrazone groups is 1. The number of carbonyl (C=O) groups is 2. The number of esters is 1. The van der Waals surface area contributed by atoms with E-state index in [-0.39, 0.29) is 13.2 Å². The monoisotopic (exact) mass is 486 g/mol. The zero-order valence-electron chi connectivity index (χ0n) is 17.6. The Morgan fingerprint density at radius 1 is 0.879 bits per heavy atom. The van der Waals surface area contributed by atoms with Gasteiger partial charge in [0.15, 0.2) is 13.2 Å². The largest absolute Gasteiger partial charge is 0.484 e. The predicted octanol–water partition coefficient (Wildman–Crippen LogP) is 4.82. The number of halogens is 2. The van der Waals surface area contributed by atoms with Crippen LogP contribution in [0.2, 0.25) is 10.0 Å². The van der Waals surface area contributed by atoms with E-state index in [1.807, 2.05) is 6.92 Å². The van der Waals surface area contributed by atoms with Gasteiger partial charge in [-0.15, -0.1) is 0 Å². The fraction of sp³-hybridized carbons (Fsp3) is 0.125. The number of amides is 1. The third-order valence-corrected chi connectivity index (χ3v) is 4.67. The highest BCUT2D eigenvalue weighted by molar-refractivity contribution is 6.30. The maximum Gasteiger partial charge on any atom is 0.349 e. The molecule has 170 valence electrons. The highest BCUT2D eigenvalue weighted by Crippen LogP contribution is 2.22. The summed E-state index contributed by atoms with van der Waals surface area (Å²) in [4.78, 5) is 23.8. The SMILES string of the molecule is Cc1cc(Cl)ccc1OCC(=O)Oc1ccc(C=NNC(=O)COc2ccc(Cl)cc2)cc1. The maximum absolute atomic E-state index is 12.0. The number of nitrogens with one attached hydrogen (secondary N) is 1. The zero-order valence-corrected chi connectivity index (χ0v) is 19.1. The number of benzene rings is 3. The molecule has 0 aromatic heterocycles. The van der Waals surface area contributed by atoms with Crippen LogP contribution in [0.4, 0.5) is 0 Å². The number of rotatable bonds is 9. The van der Waals surface area contributed by atoms with Gasteiger partial charge in [0.2, 0.25) is 0 Å². The summed E-state index contributed by atoms with van der Waals surface area (Å²) in [6.07, 6.45) is 1.46. The van der Waals surface area contributed by atoms with E-state index in [4.69, 9.17) is 37.4 Å².